The number of aliphatic hydroxyl groups excluding tert-OH is 2. The Hall–Kier alpha value is -0.200. The summed E-state index contributed by atoms with van der Waals surface area (Å²) in [6.07, 6.45) is 20.7. The average Bonchev–Trinajstić information content (AvgIpc) is 3.10. The van der Waals surface area contributed by atoms with Crippen LogP contribution in [0.2, 0.25) is 0 Å². The molecule has 1 saturated heterocycles. The number of hydrogen-bond acceptors (Lipinski definition) is 10. The highest BCUT2D eigenvalue weighted by Crippen LogP contribution is 2.19. The van der Waals surface area contributed by atoms with Crippen LogP contribution in [-0.2, 0) is 9.59 Å². The Morgan fingerprint density at radius 2 is 1.02 bits per heavy atom. The summed E-state index contributed by atoms with van der Waals surface area (Å²) in [5.41, 5.74) is 0. The SMILES string of the molecule is CCCCCCCCC(O)CN(CCCCC(=O)SCCN1CC(C)N(CCSC(=O)CCCCN(C)C)CC1C)CC(O)CCCCCCCC. The maximum Gasteiger partial charge on any atom is 0.188 e. The van der Waals surface area contributed by atoms with Crippen LogP contribution < -0.4 is 0 Å². The molecule has 0 aliphatic carbocycles. The molecule has 1 aliphatic rings. The van der Waals surface area contributed by atoms with Gasteiger partial charge in [-0.3, -0.25) is 24.3 Å². The molecule has 308 valence electrons. The summed E-state index contributed by atoms with van der Waals surface area (Å²) >= 11 is 2.98. The number of rotatable bonds is 34. The van der Waals surface area contributed by atoms with Crippen LogP contribution in [0.25, 0.3) is 0 Å². The number of hydrogen-bond donors (Lipinski definition) is 2. The molecular weight excluding hydrogens is 689 g/mol. The third-order valence-corrected chi connectivity index (χ3v) is 12.4. The fourth-order valence-electron chi connectivity index (χ4n) is 7.25. The van der Waals surface area contributed by atoms with Crippen LogP contribution in [-0.4, -0.2) is 142 Å². The first-order valence-corrected chi connectivity index (χ1v) is 23.5. The summed E-state index contributed by atoms with van der Waals surface area (Å²) < 4.78 is 0. The van der Waals surface area contributed by atoms with Crippen molar-refractivity contribution in [2.45, 2.75) is 180 Å². The van der Waals surface area contributed by atoms with Gasteiger partial charge in [0, 0.05) is 75.7 Å². The monoisotopic (exact) mass is 773 g/mol. The van der Waals surface area contributed by atoms with Gasteiger partial charge in [-0.05, 0) is 79.6 Å². The lowest BCUT2D eigenvalue weighted by atomic mass is 10.1. The first-order valence-electron chi connectivity index (χ1n) is 21.6. The van der Waals surface area contributed by atoms with Crippen LogP contribution in [0.4, 0.5) is 0 Å². The number of piperazine rings is 1. The lowest BCUT2D eigenvalue weighted by Crippen LogP contribution is -2.57. The van der Waals surface area contributed by atoms with Gasteiger partial charge in [0.05, 0.1) is 12.2 Å². The third-order valence-electron chi connectivity index (χ3n) is 10.6. The smallest absolute Gasteiger partial charge is 0.188 e. The molecule has 0 amide bonds. The summed E-state index contributed by atoms with van der Waals surface area (Å²) in [6.45, 7) is 16.0. The van der Waals surface area contributed by atoms with E-state index < -0.39 is 0 Å². The van der Waals surface area contributed by atoms with Gasteiger partial charge in [0.1, 0.15) is 0 Å². The maximum absolute atomic E-state index is 12.8. The van der Waals surface area contributed by atoms with Crippen LogP contribution in [0.3, 0.4) is 0 Å². The van der Waals surface area contributed by atoms with Gasteiger partial charge in [-0.25, -0.2) is 0 Å². The minimum atomic E-state index is -0.354. The second-order valence-corrected chi connectivity index (χ2v) is 18.3. The second-order valence-electron chi connectivity index (χ2n) is 16.0. The zero-order chi connectivity index (χ0) is 38.4. The average molecular weight is 773 g/mol. The molecule has 4 atom stereocenters. The highest BCUT2D eigenvalue weighted by Gasteiger charge is 2.28. The zero-order valence-electron chi connectivity index (χ0n) is 34.8. The number of carbonyl (C=O) groups excluding carboxylic acids is 2. The normalized spacial score (nSPS) is 18.4. The first-order chi connectivity index (χ1) is 25.0. The van der Waals surface area contributed by atoms with E-state index in [-0.39, 0.29) is 17.3 Å². The summed E-state index contributed by atoms with van der Waals surface area (Å²) in [7, 11) is 4.15. The van der Waals surface area contributed by atoms with E-state index in [1.165, 1.54) is 87.7 Å². The zero-order valence-corrected chi connectivity index (χ0v) is 36.5. The Kier molecular flexibility index (Phi) is 31.6. The number of thioether (sulfide) groups is 2. The lowest BCUT2D eigenvalue weighted by molar-refractivity contribution is -0.111. The van der Waals surface area contributed by atoms with E-state index in [2.05, 4.69) is 61.4 Å². The Morgan fingerprint density at radius 1 is 0.615 bits per heavy atom. The largest absolute Gasteiger partial charge is 0.392 e. The fourth-order valence-corrected chi connectivity index (χ4v) is 8.93. The van der Waals surface area contributed by atoms with Crippen LogP contribution >= 0.6 is 23.5 Å². The molecule has 8 nitrogen and oxygen atoms in total. The topological polar surface area (TPSA) is 87.6 Å². The molecule has 1 aliphatic heterocycles. The Labute approximate surface area is 330 Å². The van der Waals surface area contributed by atoms with Crippen LogP contribution in [0, 0.1) is 0 Å². The molecular formula is C42H84N4O4S2. The molecule has 0 bridgehead atoms. The predicted molar refractivity (Wildman–Crippen MR) is 228 cm³/mol. The van der Waals surface area contributed by atoms with E-state index in [0.717, 1.165) is 102 Å². The molecule has 1 heterocycles. The molecule has 4 unspecified atom stereocenters. The Bertz CT molecular complexity index is 846. The highest BCUT2D eigenvalue weighted by molar-refractivity contribution is 8.13. The van der Waals surface area contributed by atoms with Gasteiger partial charge in [-0.1, -0.05) is 114 Å². The van der Waals surface area contributed by atoms with Gasteiger partial charge >= 0.3 is 0 Å². The summed E-state index contributed by atoms with van der Waals surface area (Å²) in [5, 5.41) is 22.3. The predicted octanol–water partition coefficient (Wildman–Crippen LogP) is 8.33. The van der Waals surface area contributed by atoms with E-state index in [4.69, 9.17) is 0 Å². The van der Waals surface area contributed by atoms with Gasteiger partial charge in [0.2, 0.25) is 0 Å². The molecule has 52 heavy (non-hydrogen) atoms. The molecule has 1 rings (SSSR count). The molecule has 0 saturated carbocycles. The molecule has 0 aromatic heterocycles. The third kappa shape index (κ3) is 27.4. The Morgan fingerprint density at radius 3 is 1.44 bits per heavy atom. The van der Waals surface area contributed by atoms with Crippen LogP contribution in [0.15, 0.2) is 0 Å². The molecule has 0 aromatic rings. The van der Waals surface area contributed by atoms with Crippen molar-refractivity contribution in [3.05, 3.63) is 0 Å². The van der Waals surface area contributed by atoms with Crippen molar-refractivity contribution in [2.75, 3.05) is 78.0 Å². The van der Waals surface area contributed by atoms with Crippen molar-refractivity contribution >= 4 is 33.8 Å². The molecule has 1 fully saturated rings. The van der Waals surface area contributed by atoms with Crippen molar-refractivity contribution in [3.63, 3.8) is 0 Å². The number of unbranched alkanes of at least 4 members (excludes halogenated alkanes) is 12. The highest BCUT2D eigenvalue weighted by atomic mass is 32.2. The standard InChI is InChI=1S/C42H84N4O4S2/c1-7-9-11-13-15-17-23-39(47)35-44(36-40(48)24-18-16-14-12-10-8-2)28-22-20-26-42(50)52-32-30-46-34-37(3)45(33-38(46)4)29-31-51-41(49)25-19-21-27-43(5)6/h37-40,47-48H,7-36H2,1-6H3. The van der Waals surface area contributed by atoms with Gasteiger partial charge in [0.15, 0.2) is 10.2 Å². The van der Waals surface area contributed by atoms with Gasteiger partial charge in [0.25, 0.3) is 0 Å². The summed E-state index contributed by atoms with van der Waals surface area (Å²) in [4.78, 5) is 34.6. The maximum atomic E-state index is 12.8. The number of nitrogens with zero attached hydrogens (tertiary/aromatic N) is 4. The van der Waals surface area contributed by atoms with Gasteiger partial charge < -0.3 is 15.1 Å². The summed E-state index contributed by atoms with van der Waals surface area (Å²) in [6, 6.07) is 0.890. The number of aliphatic hydroxyl groups is 2. The van der Waals surface area contributed by atoms with Gasteiger partial charge in [-0.2, -0.15) is 0 Å². The fraction of sp³-hybridized carbons (Fsp3) is 0.952. The minimum absolute atomic E-state index is 0.278. The molecule has 10 heteroatoms. The molecule has 2 N–H and O–H groups in total. The Balaban J connectivity index is 2.35. The van der Waals surface area contributed by atoms with E-state index >= 15 is 0 Å². The minimum Gasteiger partial charge on any atom is -0.392 e. The van der Waals surface area contributed by atoms with Crippen molar-refractivity contribution in [1.29, 1.82) is 0 Å². The van der Waals surface area contributed by atoms with Crippen molar-refractivity contribution in [1.82, 2.24) is 19.6 Å². The summed E-state index contributed by atoms with van der Waals surface area (Å²) in [5.74, 6) is 1.70. The van der Waals surface area contributed by atoms with E-state index in [1.807, 2.05) is 0 Å². The van der Waals surface area contributed by atoms with Crippen molar-refractivity contribution in [2.24, 2.45) is 0 Å². The number of carbonyl (C=O) groups is 2. The lowest BCUT2D eigenvalue weighted by Gasteiger charge is -2.44. The quantitative estimate of drug-likeness (QED) is 0.0623. The molecule has 0 radical (unpaired) electrons. The second kappa shape index (κ2) is 33.0. The first kappa shape index (κ1) is 49.8. The van der Waals surface area contributed by atoms with Crippen molar-refractivity contribution in [3.8, 4) is 0 Å². The molecule has 0 spiro atoms. The van der Waals surface area contributed by atoms with Gasteiger partial charge in [-0.15, -0.1) is 0 Å². The van der Waals surface area contributed by atoms with Crippen LogP contribution in [0.5, 0.6) is 0 Å². The van der Waals surface area contributed by atoms with E-state index in [1.54, 1.807) is 0 Å². The molecule has 0 aromatic carbocycles. The van der Waals surface area contributed by atoms with E-state index in [9.17, 15) is 19.8 Å². The van der Waals surface area contributed by atoms with Crippen LogP contribution in [0.1, 0.15) is 156 Å². The van der Waals surface area contributed by atoms with Crippen molar-refractivity contribution < 1.29 is 19.8 Å². The van der Waals surface area contributed by atoms with E-state index in [0.29, 0.717) is 43.1 Å².